The summed E-state index contributed by atoms with van der Waals surface area (Å²) in [7, 11) is 4.55. The van der Waals surface area contributed by atoms with Crippen molar-refractivity contribution in [3.05, 3.63) is 46.6 Å². The lowest BCUT2D eigenvalue weighted by molar-refractivity contribution is -0.123. The number of ether oxygens (including phenoxy) is 3. The van der Waals surface area contributed by atoms with Gasteiger partial charge >= 0.3 is 5.97 Å². The monoisotopic (exact) mass is 412 g/mol. The van der Waals surface area contributed by atoms with Gasteiger partial charge in [-0.3, -0.25) is 4.79 Å². The van der Waals surface area contributed by atoms with Crippen molar-refractivity contribution >= 4 is 22.9 Å². The van der Waals surface area contributed by atoms with E-state index >= 15 is 0 Å². The van der Waals surface area contributed by atoms with E-state index in [9.17, 15) is 9.59 Å². The number of hydrogen-bond donors (Lipinski definition) is 1. The quantitative estimate of drug-likeness (QED) is 0.593. The average Bonchev–Trinajstić information content (AvgIpc) is 3.05. The van der Waals surface area contributed by atoms with Crippen molar-refractivity contribution < 1.29 is 23.8 Å². The number of esters is 1. The molecular weight excluding hydrogens is 388 g/mol. The number of nitrogens with one attached hydrogen (secondary N) is 1. The molecular formula is C21H24N4O5. The SMILES string of the molecule is COC(=O)c1cc(CNC(=O)COc2nn(C)c3nc(C)cc(C)c23)ccc1OC. The fraction of sp³-hybridized carbons (Fsp3) is 0.333. The number of benzene rings is 1. The lowest BCUT2D eigenvalue weighted by Gasteiger charge is -2.10. The summed E-state index contributed by atoms with van der Waals surface area (Å²) < 4.78 is 17.2. The number of hydrogen-bond acceptors (Lipinski definition) is 7. The predicted molar refractivity (Wildman–Crippen MR) is 110 cm³/mol. The van der Waals surface area contributed by atoms with E-state index in [1.807, 2.05) is 19.9 Å². The van der Waals surface area contributed by atoms with Gasteiger partial charge in [0.2, 0.25) is 5.88 Å². The van der Waals surface area contributed by atoms with Gasteiger partial charge in [0.05, 0.1) is 19.6 Å². The van der Waals surface area contributed by atoms with Crippen LogP contribution in [0.5, 0.6) is 11.6 Å². The first kappa shape index (κ1) is 21.1. The number of nitrogens with zero attached hydrogens (tertiary/aromatic N) is 3. The van der Waals surface area contributed by atoms with Crippen LogP contribution in [0.25, 0.3) is 11.0 Å². The number of carbonyl (C=O) groups excluding carboxylic acids is 2. The minimum Gasteiger partial charge on any atom is -0.496 e. The molecule has 1 amide bonds. The van der Waals surface area contributed by atoms with Crippen molar-refractivity contribution in [1.29, 1.82) is 0 Å². The zero-order chi connectivity index (χ0) is 21.8. The molecule has 0 aliphatic rings. The Balaban J connectivity index is 1.65. The number of carbonyl (C=O) groups is 2. The maximum Gasteiger partial charge on any atom is 0.341 e. The summed E-state index contributed by atoms with van der Waals surface area (Å²) in [6.45, 7) is 3.89. The molecule has 0 unspecified atom stereocenters. The Morgan fingerprint density at radius 1 is 1.17 bits per heavy atom. The van der Waals surface area contributed by atoms with Gasteiger partial charge in [-0.2, -0.15) is 0 Å². The Bertz CT molecular complexity index is 1110. The average molecular weight is 412 g/mol. The largest absolute Gasteiger partial charge is 0.496 e. The smallest absolute Gasteiger partial charge is 0.341 e. The van der Waals surface area contributed by atoms with E-state index < -0.39 is 5.97 Å². The molecule has 3 rings (SSSR count). The number of fused-ring (bicyclic) bond motifs is 1. The molecule has 0 aliphatic carbocycles. The Labute approximate surface area is 173 Å². The third-order valence-electron chi connectivity index (χ3n) is 4.59. The minimum absolute atomic E-state index is 0.195. The van der Waals surface area contributed by atoms with Gasteiger partial charge in [-0.1, -0.05) is 6.07 Å². The zero-order valence-electron chi connectivity index (χ0n) is 17.6. The van der Waals surface area contributed by atoms with Crippen molar-refractivity contribution in [2.45, 2.75) is 20.4 Å². The van der Waals surface area contributed by atoms with E-state index in [-0.39, 0.29) is 19.1 Å². The van der Waals surface area contributed by atoms with E-state index in [2.05, 4.69) is 15.4 Å². The van der Waals surface area contributed by atoms with Gasteiger partial charge in [0.15, 0.2) is 12.3 Å². The van der Waals surface area contributed by atoms with Crippen molar-refractivity contribution in [1.82, 2.24) is 20.1 Å². The molecule has 30 heavy (non-hydrogen) atoms. The fourth-order valence-electron chi connectivity index (χ4n) is 3.17. The van der Waals surface area contributed by atoms with Crippen LogP contribution in [0.2, 0.25) is 0 Å². The van der Waals surface area contributed by atoms with Gasteiger partial charge in [0.1, 0.15) is 11.3 Å². The van der Waals surface area contributed by atoms with E-state index in [0.29, 0.717) is 22.8 Å². The van der Waals surface area contributed by atoms with Crippen LogP contribution in [-0.2, 0) is 23.1 Å². The molecule has 2 heterocycles. The highest BCUT2D eigenvalue weighted by molar-refractivity contribution is 5.92. The van der Waals surface area contributed by atoms with E-state index in [1.165, 1.54) is 14.2 Å². The molecule has 0 fully saturated rings. The maximum absolute atomic E-state index is 12.3. The summed E-state index contributed by atoms with van der Waals surface area (Å²) in [5.74, 6) is -0.0573. The summed E-state index contributed by atoms with van der Waals surface area (Å²) in [4.78, 5) is 28.6. The first-order valence-corrected chi connectivity index (χ1v) is 9.29. The lowest BCUT2D eigenvalue weighted by Crippen LogP contribution is -2.28. The first-order chi connectivity index (χ1) is 14.3. The Hall–Kier alpha value is -3.62. The molecule has 1 aromatic carbocycles. The molecule has 0 saturated carbocycles. The topological polar surface area (TPSA) is 105 Å². The summed E-state index contributed by atoms with van der Waals surface area (Å²) in [6, 6.07) is 6.98. The van der Waals surface area contributed by atoms with Crippen molar-refractivity contribution in [2.75, 3.05) is 20.8 Å². The highest BCUT2D eigenvalue weighted by Gasteiger charge is 2.16. The number of aromatic nitrogens is 3. The molecule has 9 heteroatoms. The van der Waals surface area contributed by atoms with Crippen LogP contribution in [0.3, 0.4) is 0 Å². The minimum atomic E-state index is -0.510. The van der Waals surface area contributed by atoms with Gasteiger partial charge in [-0.05, 0) is 43.2 Å². The lowest BCUT2D eigenvalue weighted by atomic mass is 10.1. The van der Waals surface area contributed by atoms with Gasteiger partial charge in [0.25, 0.3) is 5.91 Å². The molecule has 3 aromatic rings. The molecule has 1 N–H and O–H groups in total. The molecule has 2 aromatic heterocycles. The number of amides is 1. The Morgan fingerprint density at radius 3 is 2.63 bits per heavy atom. The normalized spacial score (nSPS) is 10.7. The van der Waals surface area contributed by atoms with Gasteiger partial charge in [0, 0.05) is 19.3 Å². The van der Waals surface area contributed by atoms with Crippen LogP contribution in [-0.4, -0.2) is 47.5 Å². The van der Waals surface area contributed by atoms with Crippen LogP contribution in [0.15, 0.2) is 24.3 Å². The molecule has 0 saturated heterocycles. The van der Waals surface area contributed by atoms with Crippen LogP contribution in [0.1, 0.15) is 27.2 Å². The Kier molecular flexibility index (Phi) is 6.20. The van der Waals surface area contributed by atoms with E-state index in [1.54, 1.807) is 29.9 Å². The van der Waals surface area contributed by atoms with Gasteiger partial charge in [-0.15, -0.1) is 5.10 Å². The fourth-order valence-corrected chi connectivity index (χ4v) is 3.17. The molecule has 0 radical (unpaired) electrons. The Morgan fingerprint density at radius 2 is 1.93 bits per heavy atom. The summed E-state index contributed by atoms with van der Waals surface area (Å²) in [6.07, 6.45) is 0. The maximum atomic E-state index is 12.3. The summed E-state index contributed by atoms with van der Waals surface area (Å²) in [5.41, 5.74) is 3.59. The van der Waals surface area contributed by atoms with Gasteiger partial charge in [-0.25, -0.2) is 14.5 Å². The van der Waals surface area contributed by atoms with Crippen LogP contribution < -0.4 is 14.8 Å². The first-order valence-electron chi connectivity index (χ1n) is 9.29. The third kappa shape index (κ3) is 4.35. The third-order valence-corrected chi connectivity index (χ3v) is 4.59. The second-order valence-electron chi connectivity index (χ2n) is 6.80. The number of rotatable bonds is 7. The second-order valence-corrected chi connectivity index (χ2v) is 6.80. The van der Waals surface area contributed by atoms with Crippen LogP contribution in [0, 0.1) is 13.8 Å². The van der Waals surface area contributed by atoms with Crippen molar-refractivity contribution in [3.63, 3.8) is 0 Å². The van der Waals surface area contributed by atoms with E-state index in [4.69, 9.17) is 14.2 Å². The molecule has 0 aliphatic heterocycles. The van der Waals surface area contributed by atoms with Crippen LogP contribution >= 0.6 is 0 Å². The van der Waals surface area contributed by atoms with Gasteiger partial charge < -0.3 is 19.5 Å². The second kappa shape index (κ2) is 8.81. The molecule has 0 spiro atoms. The predicted octanol–water partition coefficient (Wildman–Crippen LogP) is 2.08. The molecule has 9 nitrogen and oxygen atoms in total. The molecule has 0 atom stereocenters. The summed E-state index contributed by atoms with van der Waals surface area (Å²) >= 11 is 0. The highest BCUT2D eigenvalue weighted by Crippen LogP contribution is 2.27. The molecule has 158 valence electrons. The van der Waals surface area contributed by atoms with Crippen LogP contribution in [0.4, 0.5) is 0 Å². The number of pyridine rings is 1. The summed E-state index contributed by atoms with van der Waals surface area (Å²) in [5, 5.41) is 7.88. The zero-order valence-corrected chi connectivity index (χ0v) is 17.6. The highest BCUT2D eigenvalue weighted by atomic mass is 16.5. The number of aryl methyl sites for hydroxylation is 3. The standard InChI is InChI=1S/C21H24N4O5/c1-12-8-13(2)23-19-18(12)20(24-25(19)3)30-11-17(26)22-10-14-6-7-16(28-4)15(9-14)21(27)29-5/h6-9H,10-11H2,1-5H3,(H,22,26). The van der Waals surface area contributed by atoms with Crippen molar-refractivity contribution in [2.24, 2.45) is 7.05 Å². The number of methoxy groups -OCH3 is 2. The van der Waals surface area contributed by atoms with Crippen molar-refractivity contribution in [3.8, 4) is 11.6 Å². The van der Waals surface area contributed by atoms with E-state index in [0.717, 1.165) is 22.2 Å². The molecule has 0 bridgehead atoms.